The van der Waals surface area contributed by atoms with Gasteiger partial charge in [-0.2, -0.15) is 8.42 Å². The molecule has 0 aromatic heterocycles. The average molecular weight is 383 g/mol. The maximum atomic E-state index is 8.74. The van der Waals surface area contributed by atoms with Crippen molar-refractivity contribution in [2.45, 2.75) is 79.1 Å². The number of hydrogen-bond donors (Lipinski definition) is 3. The summed E-state index contributed by atoms with van der Waals surface area (Å²) in [5.41, 5.74) is 6.49. The molecule has 0 radical (unpaired) electrons. The van der Waals surface area contributed by atoms with Crippen molar-refractivity contribution in [1.29, 1.82) is 0 Å². The zero-order valence-electron chi connectivity index (χ0n) is 16.6. The number of guanidine groups is 1. The van der Waals surface area contributed by atoms with Crippen LogP contribution < -0.4 is 5.73 Å². The molecule has 0 aromatic rings. The minimum Gasteiger partial charge on any atom is -0.291 e. The van der Waals surface area contributed by atoms with E-state index >= 15 is 0 Å². The molecule has 0 bridgehead atoms. The molecular weight excluding hydrogens is 342 g/mol. The fourth-order valence-electron chi connectivity index (χ4n) is 2.28. The number of hydrogen-bond acceptors (Lipinski definition) is 2. The Balaban J connectivity index is 0. The van der Waals surface area contributed by atoms with Crippen LogP contribution in [0.2, 0.25) is 0 Å². The Kier molecular flexibility index (Phi) is 17.5. The summed E-state index contributed by atoms with van der Waals surface area (Å²) in [7, 11) is -4.67. The van der Waals surface area contributed by atoms with Crippen molar-refractivity contribution in [3.05, 3.63) is 0 Å². The van der Waals surface area contributed by atoms with Gasteiger partial charge in [-0.1, -0.05) is 53.4 Å². The molecule has 4 N–H and O–H groups in total. The molecule has 0 amide bonds. The van der Waals surface area contributed by atoms with E-state index in [0.717, 1.165) is 32.1 Å². The SMILES string of the molecule is CCCCN(CCCC)C(N)=[N+](CCCC)CCCC.O=S(=O)(O)O. The van der Waals surface area contributed by atoms with Crippen LogP contribution in [0, 0.1) is 0 Å². The minimum absolute atomic E-state index is 1.02. The van der Waals surface area contributed by atoms with Crippen molar-refractivity contribution in [3.8, 4) is 0 Å². The Labute approximate surface area is 154 Å². The van der Waals surface area contributed by atoms with Gasteiger partial charge in [0.15, 0.2) is 0 Å². The molecule has 8 heteroatoms. The second kappa shape index (κ2) is 16.6. The predicted molar refractivity (Wildman–Crippen MR) is 105 cm³/mol. The standard InChI is InChI=1S/C17H37N3.H2O4S/c1-5-9-13-19(14-10-6-2)17(18)20(15-11-7-3)16-12-8-4;1-5(2,3)4/h18H,5-16H2,1-4H3;(H2,1,2,3,4)/p+1. The zero-order chi connectivity index (χ0) is 19.7. The fourth-order valence-corrected chi connectivity index (χ4v) is 2.28. The van der Waals surface area contributed by atoms with Crippen molar-refractivity contribution < 1.29 is 22.1 Å². The molecule has 0 unspecified atom stereocenters. The average Bonchev–Trinajstić information content (AvgIpc) is 2.53. The van der Waals surface area contributed by atoms with E-state index in [-0.39, 0.29) is 0 Å². The Morgan fingerprint density at radius 3 is 1.44 bits per heavy atom. The first-order valence-electron chi connectivity index (χ1n) is 9.53. The number of nitrogens with zero attached hydrogens (tertiary/aromatic N) is 2. The molecular formula is C17H40N3O4S+. The van der Waals surface area contributed by atoms with Gasteiger partial charge in [0.25, 0.3) is 0 Å². The van der Waals surface area contributed by atoms with E-state index in [4.69, 9.17) is 23.3 Å². The van der Waals surface area contributed by atoms with Crippen molar-refractivity contribution in [2.24, 2.45) is 5.73 Å². The molecule has 0 heterocycles. The summed E-state index contributed by atoms with van der Waals surface area (Å²) >= 11 is 0. The Morgan fingerprint density at radius 1 is 0.840 bits per heavy atom. The first-order chi connectivity index (χ1) is 11.7. The van der Waals surface area contributed by atoms with Crippen molar-refractivity contribution in [3.63, 3.8) is 0 Å². The zero-order valence-corrected chi connectivity index (χ0v) is 17.4. The van der Waals surface area contributed by atoms with Crippen LogP contribution in [-0.4, -0.2) is 59.1 Å². The van der Waals surface area contributed by atoms with Crippen LogP contribution in [0.5, 0.6) is 0 Å². The molecule has 0 spiro atoms. The second-order valence-corrected chi connectivity index (χ2v) is 7.09. The van der Waals surface area contributed by atoms with Crippen molar-refractivity contribution >= 4 is 16.4 Å². The van der Waals surface area contributed by atoms with Gasteiger partial charge in [0.05, 0.1) is 26.2 Å². The largest absolute Gasteiger partial charge is 0.394 e. The molecule has 0 atom stereocenters. The maximum absolute atomic E-state index is 8.74. The number of unbranched alkanes of at least 4 members (excludes halogenated alkanes) is 4. The van der Waals surface area contributed by atoms with Crippen LogP contribution in [-0.2, 0) is 10.4 Å². The topological polar surface area (TPSA) is 107 Å². The van der Waals surface area contributed by atoms with Crippen LogP contribution in [0.4, 0.5) is 0 Å². The van der Waals surface area contributed by atoms with Crippen LogP contribution in [0.25, 0.3) is 0 Å². The van der Waals surface area contributed by atoms with Crippen LogP contribution >= 0.6 is 0 Å². The molecule has 0 rings (SSSR count). The highest BCUT2D eigenvalue weighted by Gasteiger charge is 2.17. The van der Waals surface area contributed by atoms with Gasteiger partial charge in [-0.3, -0.25) is 24.3 Å². The van der Waals surface area contributed by atoms with Gasteiger partial charge in [-0.05, 0) is 25.7 Å². The lowest BCUT2D eigenvalue weighted by Gasteiger charge is -2.21. The molecule has 0 aliphatic carbocycles. The van der Waals surface area contributed by atoms with Crippen LogP contribution in [0.3, 0.4) is 0 Å². The van der Waals surface area contributed by atoms with Gasteiger partial charge in [0, 0.05) is 0 Å². The van der Waals surface area contributed by atoms with Gasteiger partial charge < -0.3 is 0 Å². The highest BCUT2D eigenvalue weighted by molar-refractivity contribution is 7.79. The summed E-state index contributed by atoms with van der Waals surface area (Å²) < 4.78 is 34.0. The highest BCUT2D eigenvalue weighted by Crippen LogP contribution is 2.01. The third-order valence-electron chi connectivity index (χ3n) is 3.77. The minimum atomic E-state index is -4.67. The summed E-state index contributed by atoms with van der Waals surface area (Å²) in [6, 6.07) is 0. The number of nitrogens with two attached hydrogens (primary N) is 1. The van der Waals surface area contributed by atoms with E-state index in [1.807, 2.05) is 0 Å². The third kappa shape index (κ3) is 19.3. The van der Waals surface area contributed by atoms with E-state index in [1.54, 1.807) is 0 Å². The molecule has 0 aliphatic heterocycles. The number of rotatable bonds is 12. The Bertz CT molecular complexity index is 413. The monoisotopic (exact) mass is 382 g/mol. The van der Waals surface area contributed by atoms with E-state index < -0.39 is 10.4 Å². The first kappa shape index (κ1) is 26.4. The summed E-state index contributed by atoms with van der Waals surface area (Å²) in [6.07, 6.45) is 9.89. The predicted octanol–water partition coefficient (Wildman–Crippen LogP) is 3.16. The lowest BCUT2D eigenvalue weighted by molar-refractivity contribution is -0.534. The van der Waals surface area contributed by atoms with E-state index in [1.165, 1.54) is 51.4 Å². The normalized spacial score (nSPS) is 10.8. The summed E-state index contributed by atoms with van der Waals surface area (Å²) in [6.45, 7) is 13.4. The molecule has 0 fully saturated rings. The Hall–Kier alpha value is -0.860. The molecule has 0 saturated carbocycles. The summed E-state index contributed by atoms with van der Waals surface area (Å²) in [5, 5.41) is 0. The van der Waals surface area contributed by atoms with E-state index in [0.29, 0.717) is 0 Å². The molecule has 25 heavy (non-hydrogen) atoms. The smallest absolute Gasteiger partial charge is 0.291 e. The quantitative estimate of drug-likeness (QED) is 0.207. The van der Waals surface area contributed by atoms with Crippen LogP contribution in [0.15, 0.2) is 0 Å². The van der Waals surface area contributed by atoms with Gasteiger partial charge in [-0.15, -0.1) is 0 Å². The molecule has 0 aliphatic rings. The third-order valence-corrected chi connectivity index (χ3v) is 3.77. The summed E-state index contributed by atoms with van der Waals surface area (Å²) in [4.78, 5) is 2.42. The van der Waals surface area contributed by atoms with E-state index in [9.17, 15) is 0 Å². The molecule has 0 aromatic carbocycles. The lowest BCUT2D eigenvalue weighted by atomic mass is 10.2. The lowest BCUT2D eigenvalue weighted by Crippen LogP contribution is -2.46. The van der Waals surface area contributed by atoms with Gasteiger partial charge in [0.2, 0.25) is 0 Å². The first-order valence-corrected chi connectivity index (χ1v) is 10.9. The van der Waals surface area contributed by atoms with Gasteiger partial charge in [0.1, 0.15) is 0 Å². The highest BCUT2D eigenvalue weighted by atomic mass is 32.3. The van der Waals surface area contributed by atoms with Crippen LogP contribution in [0.1, 0.15) is 79.1 Å². The molecule has 0 saturated heterocycles. The van der Waals surface area contributed by atoms with Gasteiger partial charge in [-0.25, -0.2) is 0 Å². The van der Waals surface area contributed by atoms with Gasteiger partial charge >= 0.3 is 16.4 Å². The molecule has 152 valence electrons. The van der Waals surface area contributed by atoms with E-state index in [2.05, 4.69) is 37.2 Å². The second-order valence-electron chi connectivity index (χ2n) is 6.19. The Morgan fingerprint density at radius 2 is 1.16 bits per heavy atom. The van der Waals surface area contributed by atoms with Crippen molar-refractivity contribution in [2.75, 3.05) is 26.2 Å². The summed E-state index contributed by atoms with van der Waals surface area (Å²) in [5.74, 6) is 1.02. The maximum Gasteiger partial charge on any atom is 0.394 e. The fraction of sp³-hybridized carbons (Fsp3) is 0.941. The molecule has 7 nitrogen and oxygen atoms in total. The van der Waals surface area contributed by atoms with Crippen molar-refractivity contribution in [1.82, 2.24) is 4.90 Å².